The first-order valence-electron chi connectivity index (χ1n) is 7.76. The van der Waals surface area contributed by atoms with Crippen molar-refractivity contribution in [1.82, 2.24) is 14.8 Å². The standard InChI is InChI=1S/C18H20FN3OS/c1-21(2)6-7-22(11-13-5-8-24-12-13)18(23)17-10-14-9-15(19)3-4-16(14)20-17/h3-5,8-10,12,20H,6-7,11H2,1-2H3. The topological polar surface area (TPSA) is 39.3 Å². The van der Waals surface area contributed by atoms with Crippen molar-refractivity contribution in [2.45, 2.75) is 6.54 Å². The summed E-state index contributed by atoms with van der Waals surface area (Å²) in [4.78, 5) is 19.9. The van der Waals surface area contributed by atoms with Crippen LogP contribution in [-0.4, -0.2) is 47.9 Å². The molecule has 0 spiro atoms. The van der Waals surface area contributed by atoms with Crippen LogP contribution in [0.3, 0.4) is 0 Å². The van der Waals surface area contributed by atoms with E-state index in [0.29, 0.717) is 24.2 Å². The highest BCUT2D eigenvalue weighted by Gasteiger charge is 2.18. The molecule has 24 heavy (non-hydrogen) atoms. The van der Waals surface area contributed by atoms with E-state index < -0.39 is 0 Å². The van der Waals surface area contributed by atoms with Crippen molar-refractivity contribution in [2.75, 3.05) is 27.2 Å². The van der Waals surface area contributed by atoms with Crippen LogP contribution >= 0.6 is 11.3 Å². The summed E-state index contributed by atoms with van der Waals surface area (Å²) in [6.07, 6.45) is 0. The Labute approximate surface area is 144 Å². The molecule has 0 radical (unpaired) electrons. The van der Waals surface area contributed by atoms with Crippen LogP contribution in [0.1, 0.15) is 16.1 Å². The van der Waals surface area contributed by atoms with E-state index in [1.54, 1.807) is 23.5 Å². The highest BCUT2D eigenvalue weighted by Crippen LogP contribution is 2.19. The van der Waals surface area contributed by atoms with Gasteiger partial charge in [0.2, 0.25) is 0 Å². The van der Waals surface area contributed by atoms with Crippen molar-refractivity contribution in [3.05, 3.63) is 58.2 Å². The average Bonchev–Trinajstić information content (AvgIpc) is 3.19. The second-order valence-electron chi connectivity index (χ2n) is 6.08. The van der Waals surface area contributed by atoms with Crippen molar-refractivity contribution in [3.8, 4) is 0 Å². The minimum Gasteiger partial charge on any atom is -0.351 e. The van der Waals surface area contributed by atoms with Crippen LogP contribution in [0, 0.1) is 5.82 Å². The van der Waals surface area contributed by atoms with Gasteiger partial charge in [-0.1, -0.05) is 0 Å². The predicted molar refractivity (Wildman–Crippen MR) is 95.9 cm³/mol. The molecule has 0 atom stereocenters. The second-order valence-corrected chi connectivity index (χ2v) is 6.86. The summed E-state index contributed by atoms with van der Waals surface area (Å²) in [5.74, 6) is -0.372. The number of benzene rings is 1. The molecular weight excluding hydrogens is 325 g/mol. The van der Waals surface area contributed by atoms with Gasteiger partial charge in [-0.2, -0.15) is 11.3 Å². The Bertz CT molecular complexity index is 826. The van der Waals surface area contributed by atoms with Crippen LogP contribution in [0.4, 0.5) is 4.39 Å². The minimum absolute atomic E-state index is 0.0698. The molecule has 0 unspecified atom stereocenters. The molecule has 0 aliphatic carbocycles. The Morgan fingerprint density at radius 1 is 1.21 bits per heavy atom. The number of aromatic nitrogens is 1. The lowest BCUT2D eigenvalue weighted by atomic mass is 10.2. The number of aromatic amines is 1. The van der Waals surface area contributed by atoms with E-state index in [1.807, 2.05) is 30.4 Å². The van der Waals surface area contributed by atoms with E-state index in [4.69, 9.17) is 0 Å². The summed E-state index contributed by atoms with van der Waals surface area (Å²) in [6.45, 7) is 1.98. The summed E-state index contributed by atoms with van der Waals surface area (Å²) < 4.78 is 13.4. The van der Waals surface area contributed by atoms with E-state index in [2.05, 4.69) is 15.3 Å². The summed E-state index contributed by atoms with van der Waals surface area (Å²) in [7, 11) is 3.97. The fourth-order valence-electron chi connectivity index (χ4n) is 2.57. The Kier molecular flexibility index (Phi) is 4.97. The van der Waals surface area contributed by atoms with Crippen LogP contribution in [0.5, 0.6) is 0 Å². The SMILES string of the molecule is CN(C)CCN(Cc1ccsc1)C(=O)c1cc2cc(F)ccc2[nH]1. The summed E-state index contributed by atoms with van der Waals surface area (Å²) in [5.41, 5.74) is 2.38. The normalized spacial score (nSPS) is 11.3. The minimum atomic E-state index is -0.303. The number of H-pyrrole nitrogens is 1. The molecule has 0 bridgehead atoms. The number of fused-ring (bicyclic) bond motifs is 1. The Morgan fingerprint density at radius 3 is 2.75 bits per heavy atom. The third-order valence-electron chi connectivity index (χ3n) is 3.87. The molecule has 2 aromatic heterocycles. The number of nitrogens with zero attached hydrogens (tertiary/aromatic N) is 2. The average molecular weight is 345 g/mol. The zero-order valence-corrected chi connectivity index (χ0v) is 14.6. The molecule has 0 aliphatic heterocycles. The molecule has 0 saturated carbocycles. The van der Waals surface area contributed by atoms with Crippen molar-refractivity contribution in [1.29, 1.82) is 0 Å². The number of rotatable bonds is 6. The third kappa shape index (κ3) is 3.83. The number of thiophene rings is 1. The van der Waals surface area contributed by atoms with Gasteiger partial charge in [0.15, 0.2) is 0 Å². The first kappa shape index (κ1) is 16.7. The lowest BCUT2D eigenvalue weighted by Crippen LogP contribution is -2.36. The van der Waals surface area contributed by atoms with Crippen molar-refractivity contribution < 1.29 is 9.18 Å². The van der Waals surface area contributed by atoms with Crippen LogP contribution in [0.15, 0.2) is 41.1 Å². The predicted octanol–water partition coefficient (Wildman–Crippen LogP) is 3.57. The van der Waals surface area contributed by atoms with Crippen LogP contribution < -0.4 is 0 Å². The van der Waals surface area contributed by atoms with Crippen LogP contribution in [0.2, 0.25) is 0 Å². The fourth-order valence-corrected chi connectivity index (χ4v) is 3.22. The van der Waals surface area contributed by atoms with E-state index in [0.717, 1.165) is 17.6 Å². The number of carbonyl (C=O) groups is 1. The molecule has 0 fully saturated rings. The fraction of sp³-hybridized carbons (Fsp3) is 0.278. The van der Waals surface area contributed by atoms with E-state index in [9.17, 15) is 9.18 Å². The van der Waals surface area contributed by atoms with E-state index in [-0.39, 0.29) is 11.7 Å². The largest absolute Gasteiger partial charge is 0.351 e. The Balaban J connectivity index is 1.84. The number of amides is 1. The molecule has 2 heterocycles. The third-order valence-corrected chi connectivity index (χ3v) is 4.60. The smallest absolute Gasteiger partial charge is 0.270 e. The Morgan fingerprint density at radius 2 is 2.04 bits per heavy atom. The zero-order valence-electron chi connectivity index (χ0n) is 13.8. The first-order chi connectivity index (χ1) is 11.5. The number of hydrogen-bond acceptors (Lipinski definition) is 3. The maximum Gasteiger partial charge on any atom is 0.270 e. The van der Waals surface area contributed by atoms with Crippen LogP contribution in [-0.2, 0) is 6.54 Å². The molecule has 3 rings (SSSR count). The van der Waals surface area contributed by atoms with Gasteiger partial charge in [-0.25, -0.2) is 4.39 Å². The molecule has 1 N–H and O–H groups in total. The van der Waals surface area contributed by atoms with Gasteiger partial charge in [-0.15, -0.1) is 0 Å². The maximum absolute atomic E-state index is 13.4. The molecular formula is C18H20FN3OS. The molecule has 6 heteroatoms. The highest BCUT2D eigenvalue weighted by molar-refractivity contribution is 7.07. The van der Waals surface area contributed by atoms with Gasteiger partial charge in [-0.05, 0) is 60.8 Å². The summed E-state index contributed by atoms with van der Waals surface area (Å²) in [6, 6.07) is 8.23. The second kappa shape index (κ2) is 7.15. The van der Waals surface area contributed by atoms with Gasteiger partial charge in [-0.3, -0.25) is 4.79 Å². The Hall–Kier alpha value is -2.18. The first-order valence-corrected chi connectivity index (χ1v) is 8.70. The van der Waals surface area contributed by atoms with Gasteiger partial charge in [0.05, 0.1) is 0 Å². The quantitative estimate of drug-likeness (QED) is 0.742. The van der Waals surface area contributed by atoms with Crippen molar-refractivity contribution >= 4 is 28.1 Å². The maximum atomic E-state index is 13.4. The van der Waals surface area contributed by atoms with E-state index in [1.165, 1.54) is 12.1 Å². The van der Waals surface area contributed by atoms with Crippen molar-refractivity contribution in [3.63, 3.8) is 0 Å². The molecule has 126 valence electrons. The van der Waals surface area contributed by atoms with Gasteiger partial charge in [0.1, 0.15) is 11.5 Å². The number of likely N-dealkylation sites (N-methyl/N-ethyl adjacent to an activating group) is 1. The number of halogens is 1. The number of hydrogen-bond donors (Lipinski definition) is 1. The molecule has 1 aromatic carbocycles. The lowest BCUT2D eigenvalue weighted by Gasteiger charge is -2.23. The van der Waals surface area contributed by atoms with Gasteiger partial charge < -0.3 is 14.8 Å². The molecule has 3 aromatic rings. The van der Waals surface area contributed by atoms with E-state index >= 15 is 0 Å². The molecule has 0 saturated heterocycles. The monoisotopic (exact) mass is 345 g/mol. The van der Waals surface area contributed by atoms with Gasteiger partial charge in [0.25, 0.3) is 5.91 Å². The van der Waals surface area contributed by atoms with Crippen molar-refractivity contribution in [2.24, 2.45) is 0 Å². The molecule has 1 amide bonds. The number of nitrogens with one attached hydrogen (secondary N) is 1. The van der Waals surface area contributed by atoms with Gasteiger partial charge >= 0.3 is 0 Å². The summed E-state index contributed by atoms with van der Waals surface area (Å²) in [5, 5.41) is 4.77. The number of carbonyl (C=O) groups excluding carboxylic acids is 1. The highest BCUT2D eigenvalue weighted by atomic mass is 32.1. The zero-order chi connectivity index (χ0) is 17.1. The van der Waals surface area contributed by atoms with Gasteiger partial charge in [0, 0.05) is 30.5 Å². The summed E-state index contributed by atoms with van der Waals surface area (Å²) >= 11 is 1.62. The van der Waals surface area contributed by atoms with Crippen LogP contribution in [0.25, 0.3) is 10.9 Å². The molecule has 4 nitrogen and oxygen atoms in total. The lowest BCUT2D eigenvalue weighted by molar-refractivity contribution is 0.0727. The molecule has 0 aliphatic rings.